The molecule has 1 N–H and O–H groups in total. The molecule has 0 spiro atoms. The molecule has 9 nitrogen and oxygen atoms in total. The second-order valence-corrected chi connectivity index (χ2v) is 9.57. The Balaban J connectivity index is 1.74. The summed E-state index contributed by atoms with van der Waals surface area (Å²) in [6.07, 6.45) is 1.01. The van der Waals surface area contributed by atoms with Crippen LogP contribution in [0.2, 0.25) is 5.02 Å². The van der Waals surface area contributed by atoms with Crippen LogP contribution in [0.4, 0.5) is 10.8 Å². The number of nitrogens with zero attached hydrogens (tertiary/aromatic N) is 3. The highest BCUT2D eigenvalue weighted by atomic mass is 35.5. The number of amides is 1. The molecule has 12 heteroatoms. The van der Waals surface area contributed by atoms with Gasteiger partial charge in [0.1, 0.15) is 23.1 Å². The van der Waals surface area contributed by atoms with Crippen molar-refractivity contribution in [2.45, 2.75) is 0 Å². The van der Waals surface area contributed by atoms with Gasteiger partial charge in [-0.15, -0.1) is 10.2 Å². The lowest BCUT2D eigenvalue weighted by Gasteiger charge is -2.22. The fourth-order valence-corrected chi connectivity index (χ4v) is 4.49. The van der Waals surface area contributed by atoms with E-state index in [1.807, 2.05) is 12.1 Å². The molecule has 0 aliphatic heterocycles. The molecule has 0 fully saturated rings. The summed E-state index contributed by atoms with van der Waals surface area (Å²) in [5.74, 6) is 0.527. The maximum absolute atomic E-state index is 12.5. The smallest absolute Gasteiger partial charge is 0.246 e. The fraction of sp³-hybridized carbons (Fsp3) is 0.211. The van der Waals surface area contributed by atoms with Crippen LogP contribution in [-0.4, -0.2) is 51.5 Å². The van der Waals surface area contributed by atoms with E-state index in [-0.39, 0.29) is 15.8 Å². The van der Waals surface area contributed by atoms with E-state index in [1.54, 1.807) is 19.2 Å². The largest absolute Gasteiger partial charge is 0.497 e. The number of benzene rings is 2. The maximum Gasteiger partial charge on any atom is 0.246 e. The van der Waals surface area contributed by atoms with Gasteiger partial charge in [-0.2, -0.15) is 0 Å². The molecule has 1 heterocycles. The van der Waals surface area contributed by atoms with E-state index in [9.17, 15) is 13.2 Å². The number of carbonyl (C=O) groups is 1. The Morgan fingerprint density at radius 2 is 1.84 bits per heavy atom. The molecule has 0 unspecified atom stereocenters. The predicted molar refractivity (Wildman–Crippen MR) is 121 cm³/mol. The SMILES string of the molecule is COc1ccc(-c2nnc(NC(=O)CN(c3ccc(OC)c(Cl)c3)S(C)(=O)=O)s2)cc1. The molecule has 2 aromatic carbocycles. The number of nitrogens with one attached hydrogen (secondary N) is 1. The summed E-state index contributed by atoms with van der Waals surface area (Å²) in [4.78, 5) is 12.5. The van der Waals surface area contributed by atoms with Crippen LogP contribution in [0.5, 0.6) is 11.5 Å². The molecule has 164 valence electrons. The van der Waals surface area contributed by atoms with Gasteiger partial charge in [0.05, 0.1) is 31.2 Å². The van der Waals surface area contributed by atoms with Crippen molar-refractivity contribution in [3.05, 3.63) is 47.5 Å². The molecule has 0 bridgehead atoms. The van der Waals surface area contributed by atoms with E-state index in [0.29, 0.717) is 16.5 Å². The quantitative estimate of drug-likeness (QED) is 0.524. The minimum atomic E-state index is -3.76. The zero-order valence-electron chi connectivity index (χ0n) is 16.8. The number of hydrogen-bond donors (Lipinski definition) is 1. The lowest BCUT2D eigenvalue weighted by atomic mass is 10.2. The first-order valence-electron chi connectivity index (χ1n) is 8.80. The highest BCUT2D eigenvalue weighted by Crippen LogP contribution is 2.31. The van der Waals surface area contributed by atoms with Gasteiger partial charge in [-0.1, -0.05) is 22.9 Å². The normalized spacial score (nSPS) is 11.1. The monoisotopic (exact) mass is 482 g/mol. The Hall–Kier alpha value is -2.89. The maximum atomic E-state index is 12.5. The van der Waals surface area contributed by atoms with E-state index < -0.39 is 22.5 Å². The Kier molecular flexibility index (Phi) is 6.98. The molecule has 0 radical (unpaired) electrons. The van der Waals surface area contributed by atoms with Crippen molar-refractivity contribution >= 4 is 49.7 Å². The third kappa shape index (κ3) is 5.63. The average molecular weight is 483 g/mol. The standard InChI is InChI=1S/C19H19ClN4O5S2/c1-28-14-7-4-12(5-8-14)18-22-23-19(30-18)21-17(25)11-24(31(3,26)27)13-6-9-16(29-2)15(20)10-13/h4-10H,11H2,1-3H3,(H,21,23,25). The van der Waals surface area contributed by atoms with Crippen molar-refractivity contribution < 1.29 is 22.7 Å². The summed E-state index contributed by atoms with van der Waals surface area (Å²) in [6.45, 7) is -0.459. The van der Waals surface area contributed by atoms with Crippen molar-refractivity contribution in [2.75, 3.05) is 36.6 Å². The fourth-order valence-electron chi connectivity index (χ4n) is 2.62. The zero-order valence-corrected chi connectivity index (χ0v) is 19.2. The van der Waals surface area contributed by atoms with Gasteiger partial charge in [0.25, 0.3) is 0 Å². The van der Waals surface area contributed by atoms with E-state index in [2.05, 4.69) is 15.5 Å². The Labute approximate surface area is 188 Å². The zero-order chi connectivity index (χ0) is 22.6. The summed E-state index contributed by atoms with van der Waals surface area (Å²) < 4.78 is 35.7. The lowest BCUT2D eigenvalue weighted by Crippen LogP contribution is -2.37. The Morgan fingerprint density at radius 1 is 1.13 bits per heavy atom. The summed E-state index contributed by atoms with van der Waals surface area (Å²) in [5, 5.41) is 11.7. The van der Waals surface area contributed by atoms with Gasteiger partial charge >= 0.3 is 0 Å². The summed E-state index contributed by atoms with van der Waals surface area (Å²) in [5.41, 5.74) is 1.05. The van der Waals surface area contributed by atoms with Crippen molar-refractivity contribution in [3.63, 3.8) is 0 Å². The number of rotatable bonds is 8. The van der Waals surface area contributed by atoms with Crippen molar-refractivity contribution in [1.29, 1.82) is 0 Å². The van der Waals surface area contributed by atoms with Gasteiger partial charge in [0.15, 0.2) is 0 Å². The molecule has 31 heavy (non-hydrogen) atoms. The minimum Gasteiger partial charge on any atom is -0.497 e. The Morgan fingerprint density at radius 3 is 2.42 bits per heavy atom. The predicted octanol–water partition coefficient (Wildman–Crippen LogP) is 3.28. The number of hydrogen-bond acceptors (Lipinski definition) is 8. The molecule has 1 aromatic heterocycles. The molecular weight excluding hydrogens is 464 g/mol. The van der Waals surface area contributed by atoms with Gasteiger partial charge < -0.3 is 9.47 Å². The van der Waals surface area contributed by atoms with Crippen LogP contribution in [0.3, 0.4) is 0 Å². The number of anilines is 2. The first kappa shape index (κ1) is 22.8. The molecule has 3 rings (SSSR count). The highest BCUT2D eigenvalue weighted by Gasteiger charge is 2.22. The molecule has 0 aliphatic carbocycles. The van der Waals surface area contributed by atoms with Crippen LogP contribution in [0.1, 0.15) is 0 Å². The molecule has 1 amide bonds. The first-order valence-corrected chi connectivity index (χ1v) is 11.8. The molecule has 0 aliphatic rings. The van der Waals surface area contributed by atoms with Gasteiger partial charge in [0.2, 0.25) is 21.1 Å². The summed E-state index contributed by atoms with van der Waals surface area (Å²) >= 11 is 7.26. The molecule has 0 atom stereocenters. The number of halogens is 1. The number of methoxy groups -OCH3 is 2. The van der Waals surface area contributed by atoms with Crippen LogP contribution >= 0.6 is 22.9 Å². The van der Waals surface area contributed by atoms with E-state index in [4.69, 9.17) is 21.1 Å². The second-order valence-electron chi connectivity index (χ2n) is 6.28. The molecule has 3 aromatic rings. The average Bonchev–Trinajstić information content (AvgIpc) is 3.19. The van der Waals surface area contributed by atoms with Crippen LogP contribution in [0.15, 0.2) is 42.5 Å². The first-order chi connectivity index (χ1) is 14.7. The van der Waals surface area contributed by atoms with Gasteiger partial charge in [-0.05, 0) is 42.5 Å². The van der Waals surface area contributed by atoms with Gasteiger partial charge in [-0.3, -0.25) is 14.4 Å². The van der Waals surface area contributed by atoms with Gasteiger partial charge in [0, 0.05) is 5.56 Å². The molecule has 0 saturated heterocycles. The second kappa shape index (κ2) is 9.50. The molecule has 0 saturated carbocycles. The van der Waals surface area contributed by atoms with Crippen LogP contribution < -0.4 is 19.1 Å². The van der Waals surface area contributed by atoms with Crippen molar-refractivity contribution in [2.24, 2.45) is 0 Å². The third-order valence-electron chi connectivity index (χ3n) is 4.12. The minimum absolute atomic E-state index is 0.224. The molecular formula is C19H19ClN4O5S2. The third-order valence-corrected chi connectivity index (χ3v) is 6.44. The summed E-state index contributed by atoms with van der Waals surface area (Å²) in [7, 11) is -0.732. The van der Waals surface area contributed by atoms with Crippen LogP contribution in [0, 0.1) is 0 Å². The van der Waals surface area contributed by atoms with E-state index in [1.165, 1.54) is 25.3 Å². The van der Waals surface area contributed by atoms with Crippen LogP contribution in [-0.2, 0) is 14.8 Å². The van der Waals surface area contributed by atoms with E-state index >= 15 is 0 Å². The Bertz CT molecular complexity index is 1180. The number of aromatic nitrogens is 2. The van der Waals surface area contributed by atoms with Crippen molar-refractivity contribution in [1.82, 2.24) is 10.2 Å². The number of ether oxygens (including phenoxy) is 2. The van der Waals surface area contributed by atoms with Crippen LogP contribution in [0.25, 0.3) is 10.6 Å². The van der Waals surface area contributed by atoms with Crippen molar-refractivity contribution in [3.8, 4) is 22.1 Å². The number of sulfonamides is 1. The topological polar surface area (TPSA) is 111 Å². The number of carbonyl (C=O) groups excluding carboxylic acids is 1. The van der Waals surface area contributed by atoms with Gasteiger partial charge in [-0.25, -0.2) is 8.42 Å². The highest BCUT2D eigenvalue weighted by molar-refractivity contribution is 7.92. The lowest BCUT2D eigenvalue weighted by molar-refractivity contribution is -0.114. The summed E-state index contributed by atoms with van der Waals surface area (Å²) in [6, 6.07) is 11.7. The van der Waals surface area contributed by atoms with E-state index in [0.717, 1.165) is 27.5 Å².